The number of nitrogens with zero attached hydrogens (tertiary/aromatic N) is 2. The fraction of sp³-hybridized carbons (Fsp3) is 0.0938. The van der Waals surface area contributed by atoms with E-state index in [1.165, 1.54) is 12.1 Å². The van der Waals surface area contributed by atoms with E-state index >= 15 is 0 Å². The summed E-state index contributed by atoms with van der Waals surface area (Å²) in [6.07, 6.45) is 0.258. The average Bonchev–Trinajstić information content (AvgIpc) is 3.50. The molecule has 0 fully saturated rings. The van der Waals surface area contributed by atoms with Gasteiger partial charge in [-0.1, -0.05) is 41.9 Å². The van der Waals surface area contributed by atoms with Crippen LogP contribution in [0.2, 0.25) is 5.02 Å². The third-order valence-electron chi connectivity index (χ3n) is 7.02. The van der Waals surface area contributed by atoms with E-state index < -0.39 is 10.9 Å². The number of hydrogen-bond donors (Lipinski definition) is 1. The number of benzene rings is 4. The number of ether oxygens (including phenoxy) is 1. The molecule has 0 aliphatic rings. The van der Waals surface area contributed by atoms with Crippen LogP contribution in [-0.4, -0.2) is 20.6 Å². The summed E-state index contributed by atoms with van der Waals surface area (Å²) in [5.41, 5.74) is 4.93. The van der Waals surface area contributed by atoms with Crippen LogP contribution < -0.4 is 4.74 Å². The standard InChI is InChI=1S/C32H23ClN2O5S/c33-22-6-13-31-27(15-22)21(19-41-31)14-29-28(17-32(36)37)26-12-11-25(40-18-20-4-2-1-3-5-20)16-30(26)34(29)23-7-9-24(10-8-23)35(38)39/h1-13,15-16,19H,14,17-18H2,(H,36,37). The Morgan fingerprint density at radius 1 is 0.976 bits per heavy atom. The van der Waals surface area contributed by atoms with Crippen molar-refractivity contribution in [2.45, 2.75) is 19.4 Å². The molecule has 204 valence electrons. The highest BCUT2D eigenvalue weighted by Gasteiger charge is 2.23. The molecule has 0 aliphatic carbocycles. The van der Waals surface area contributed by atoms with E-state index in [1.807, 2.05) is 71.3 Å². The van der Waals surface area contributed by atoms with E-state index in [2.05, 4.69) is 5.38 Å². The average molecular weight is 583 g/mol. The molecule has 4 aromatic carbocycles. The number of aromatic nitrogens is 1. The van der Waals surface area contributed by atoms with Gasteiger partial charge < -0.3 is 14.4 Å². The molecule has 9 heteroatoms. The zero-order valence-corrected chi connectivity index (χ0v) is 23.2. The van der Waals surface area contributed by atoms with Crippen LogP contribution in [0.1, 0.15) is 22.4 Å². The van der Waals surface area contributed by atoms with Crippen molar-refractivity contribution < 1.29 is 19.6 Å². The van der Waals surface area contributed by atoms with Gasteiger partial charge in [0.1, 0.15) is 12.4 Å². The first kappa shape index (κ1) is 26.6. The summed E-state index contributed by atoms with van der Waals surface area (Å²) in [4.78, 5) is 23.0. The molecule has 0 radical (unpaired) electrons. The van der Waals surface area contributed by atoms with E-state index in [0.717, 1.165) is 37.8 Å². The Balaban J connectivity index is 1.54. The van der Waals surface area contributed by atoms with Crippen LogP contribution in [0.5, 0.6) is 5.75 Å². The van der Waals surface area contributed by atoms with Gasteiger partial charge in [0.15, 0.2) is 0 Å². The Bertz CT molecular complexity index is 1910. The van der Waals surface area contributed by atoms with Crippen LogP contribution in [-0.2, 0) is 24.2 Å². The Morgan fingerprint density at radius 2 is 1.76 bits per heavy atom. The van der Waals surface area contributed by atoms with Gasteiger partial charge in [-0.05, 0) is 69.9 Å². The minimum atomic E-state index is -0.948. The maximum Gasteiger partial charge on any atom is 0.307 e. The molecule has 2 aromatic heterocycles. The minimum Gasteiger partial charge on any atom is -0.489 e. The zero-order valence-electron chi connectivity index (χ0n) is 21.6. The quantitative estimate of drug-likeness (QED) is 0.137. The molecular weight excluding hydrogens is 560 g/mol. The second-order valence-electron chi connectivity index (χ2n) is 9.64. The molecular formula is C32H23ClN2O5S. The van der Waals surface area contributed by atoms with E-state index in [9.17, 15) is 20.0 Å². The monoisotopic (exact) mass is 582 g/mol. The van der Waals surface area contributed by atoms with Crippen LogP contribution in [0.25, 0.3) is 26.7 Å². The van der Waals surface area contributed by atoms with Crippen LogP contribution in [0.3, 0.4) is 0 Å². The maximum atomic E-state index is 12.1. The van der Waals surface area contributed by atoms with E-state index in [-0.39, 0.29) is 12.1 Å². The molecule has 0 bridgehead atoms. The molecule has 0 unspecified atom stereocenters. The van der Waals surface area contributed by atoms with Crippen molar-refractivity contribution in [3.8, 4) is 11.4 Å². The van der Waals surface area contributed by atoms with Crippen LogP contribution in [0, 0.1) is 10.1 Å². The number of carbonyl (C=O) groups is 1. The van der Waals surface area contributed by atoms with Gasteiger partial charge in [-0.2, -0.15) is 0 Å². The lowest BCUT2D eigenvalue weighted by Crippen LogP contribution is -2.07. The zero-order chi connectivity index (χ0) is 28.5. The fourth-order valence-electron chi connectivity index (χ4n) is 5.14. The molecule has 41 heavy (non-hydrogen) atoms. The Kier molecular flexibility index (Phi) is 7.17. The normalized spacial score (nSPS) is 11.2. The second kappa shape index (κ2) is 11.1. The van der Waals surface area contributed by atoms with E-state index in [1.54, 1.807) is 23.5 Å². The summed E-state index contributed by atoms with van der Waals surface area (Å²) in [6, 6.07) is 27.5. The number of fused-ring (bicyclic) bond motifs is 2. The number of non-ortho nitro benzene ring substituents is 1. The smallest absolute Gasteiger partial charge is 0.307 e. The van der Waals surface area contributed by atoms with Crippen molar-refractivity contribution in [3.05, 3.63) is 134 Å². The molecule has 0 spiro atoms. The van der Waals surface area contributed by atoms with Gasteiger partial charge in [-0.25, -0.2) is 0 Å². The molecule has 0 aliphatic heterocycles. The number of carboxylic acids is 1. The number of thiophene rings is 1. The molecule has 0 saturated heterocycles. The number of nitro benzene ring substituents is 1. The van der Waals surface area contributed by atoms with Gasteiger partial charge in [0.05, 0.1) is 16.9 Å². The van der Waals surface area contributed by atoms with Gasteiger partial charge in [0.2, 0.25) is 0 Å². The lowest BCUT2D eigenvalue weighted by molar-refractivity contribution is -0.384. The largest absolute Gasteiger partial charge is 0.489 e. The SMILES string of the molecule is O=C(O)Cc1c(Cc2csc3ccc(Cl)cc23)n(-c2ccc([N+](=O)[O-])cc2)c2cc(OCc3ccccc3)ccc12. The highest BCUT2D eigenvalue weighted by Crippen LogP contribution is 2.37. The number of aliphatic carboxylic acids is 1. The first-order valence-corrected chi connectivity index (χ1v) is 14.1. The lowest BCUT2D eigenvalue weighted by Gasteiger charge is -2.13. The van der Waals surface area contributed by atoms with Crippen LogP contribution >= 0.6 is 22.9 Å². The third-order valence-corrected chi connectivity index (χ3v) is 8.27. The molecule has 1 N–H and O–H groups in total. The van der Waals surface area contributed by atoms with Gasteiger partial charge in [0, 0.05) is 51.1 Å². The Labute approximate surface area is 244 Å². The molecule has 0 saturated carbocycles. The number of hydrogen-bond acceptors (Lipinski definition) is 5. The summed E-state index contributed by atoms with van der Waals surface area (Å²) >= 11 is 7.93. The summed E-state index contributed by atoms with van der Waals surface area (Å²) in [6.45, 7) is 0.376. The Hall–Kier alpha value is -4.66. The highest BCUT2D eigenvalue weighted by molar-refractivity contribution is 7.17. The summed E-state index contributed by atoms with van der Waals surface area (Å²) in [5.74, 6) is -0.320. The highest BCUT2D eigenvalue weighted by atomic mass is 35.5. The third kappa shape index (κ3) is 5.39. The molecule has 0 atom stereocenters. The summed E-state index contributed by atoms with van der Waals surface area (Å²) in [5, 5.41) is 25.7. The Morgan fingerprint density at radius 3 is 2.49 bits per heavy atom. The molecule has 7 nitrogen and oxygen atoms in total. The van der Waals surface area contributed by atoms with Gasteiger partial charge in [-0.15, -0.1) is 11.3 Å². The second-order valence-corrected chi connectivity index (χ2v) is 11.0. The summed E-state index contributed by atoms with van der Waals surface area (Å²) in [7, 11) is 0. The maximum absolute atomic E-state index is 12.1. The number of rotatable bonds is 9. The molecule has 2 heterocycles. The van der Waals surface area contributed by atoms with Crippen LogP contribution in [0.4, 0.5) is 5.69 Å². The van der Waals surface area contributed by atoms with Crippen molar-refractivity contribution in [1.29, 1.82) is 0 Å². The van der Waals surface area contributed by atoms with E-state index in [4.69, 9.17) is 16.3 Å². The molecule has 6 aromatic rings. The minimum absolute atomic E-state index is 0.0251. The number of nitro groups is 1. The van der Waals surface area contributed by atoms with Crippen molar-refractivity contribution in [2.24, 2.45) is 0 Å². The predicted molar refractivity (Wildman–Crippen MR) is 162 cm³/mol. The number of halogens is 1. The van der Waals surface area contributed by atoms with Crippen molar-refractivity contribution >= 4 is 55.6 Å². The van der Waals surface area contributed by atoms with Gasteiger partial charge in [0.25, 0.3) is 5.69 Å². The van der Waals surface area contributed by atoms with Gasteiger partial charge >= 0.3 is 5.97 Å². The van der Waals surface area contributed by atoms with Gasteiger partial charge in [-0.3, -0.25) is 14.9 Å². The molecule has 6 rings (SSSR count). The first-order chi connectivity index (χ1) is 19.9. The van der Waals surface area contributed by atoms with E-state index in [0.29, 0.717) is 35.1 Å². The predicted octanol–water partition coefficient (Wildman–Crippen LogP) is 8.20. The lowest BCUT2D eigenvalue weighted by atomic mass is 10.0. The molecule has 0 amide bonds. The summed E-state index contributed by atoms with van der Waals surface area (Å²) < 4.78 is 9.19. The van der Waals surface area contributed by atoms with Crippen molar-refractivity contribution in [1.82, 2.24) is 4.57 Å². The van der Waals surface area contributed by atoms with Crippen molar-refractivity contribution in [3.63, 3.8) is 0 Å². The van der Waals surface area contributed by atoms with Crippen LogP contribution in [0.15, 0.2) is 96.4 Å². The topological polar surface area (TPSA) is 94.6 Å². The first-order valence-electron chi connectivity index (χ1n) is 12.8. The van der Waals surface area contributed by atoms with Crippen molar-refractivity contribution in [2.75, 3.05) is 0 Å². The number of carboxylic acid groups (broad SMARTS) is 1. The fourth-order valence-corrected chi connectivity index (χ4v) is 6.26.